The third-order valence-corrected chi connectivity index (χ3v) is 3.84. The van der Waals surface area contributed by atoms with E-state index in [1.165, 1.54) is 0 Å². The lowest BCUT2D eigenvalue weighted by Crippen LogP contribution is -2.12. The number of benzene rings is 2. The van der Waals surface area contributed by atoms with E-state index in [1.807, 2.05) is 24.3 Å². The summed E-state index contributed by atoms with van der Waals surface area (Å²) in [7, 11) is 1.62. The lowest BCUT2D eigenvalue weighted by atomic mass is 10.1. The van der Waals surface area contributed by atoms with Gasteiger partial charge in [0.15, 0.2) is 0 Å². The van der Waals surface area contributed by atoms with Crippen molar-refractivity contribution in [2.24, 2.45) is 0 Å². The Hall–Kier alpha value is -1.71. The van der Waals surface area contributed by atoms with Gasteiger partial charge in [-0.2, -0.15) is 0 Å². The Bertz CT molecular complexity index is 627. The molecule has 0 aliphatic heterocycles. The van der Waals surface area contributed by atoms with E-state index in [0.717, 1.165) is 11.3 Å². The average molecular weight is 324 g/mol. The molecule has 0 spiro atoms. The van der Waals surface area contributed by atoms with E-state index >= 15 is 0 Å². The number of amides is 1. The van der Waals surface area contributed by atoms with Crippen LogP contribution in [0.25, 0.3) is 0 Å². The van der Waals surface area contributed by atoms with Crippen molar-refractivity contribution < 1.29 is 9.53 Å². The first-order valence-electron chi connectivity index (χ1n) is 6.47. The van der Waals surface area contributed by atoms with Crippen molar-refractivity contribution in [2.75, 3.05) is 12.4 Å². The fourth-order valence-electron chi connectivity index (χ4n) is 1.86. The van der Waals surface area contributed by atoms with Crippen LogP contribution >= 0.6 is 23.2 Å². The van der Waals surface area contributed by atoms with E-state index in [0.29, 0.717) is 28.6 Å². The minimum atomic E-state index is -0.102. The highest BCUT2D eigenvalue weighted by Crippen LogP contribution is 2.29. The van der Waals surface area contributed by atoms with E-state index in [9.17, 15) is 4.79 Å². The van der Waals surface area contributed by atoms with E-state index in [-0.39, 0.29) is 5.91 Å². The van der Waals surface area contributed by atoms with E-state index in [2.05, 4.69) is 5.32 Å². The van der Waals surface area contributed by atoms with Crippen molar-refractivity contribution in [3.05, 3.63) is 58.1 Å². The summed E-state index contributed by atoms with van der Waals surface area (Å²) in [6.45, 7) is 0. The Labute approximate surface area is 133 Å². The predicted molar refractivity (Wildman–Crippen MR) is 86.4 cm³/mol. The van der Waals surface area contributed by atoms with Gasteiger partial charge < -0.3 is 10.1 Å². The monoisotopic (exact) mass is 323 g/mol. The molecule has 21 heavy (non-hydrogen) atoms. The fraction of sp³-hybridized carbons (Fsp3) is 0.188. The Balaban J connectivity index is 1.91. The van der Waals surface area contributed by atoms with Gasteiger partial charge >= 0.3 is 0 Å². The Morgan fingerprint density at radius 1 is 1.14 bits per heavy atom. The molecular formula is C16H15Cl2NO2. The van der Waals surface area contributed by atoms with Gasteiger partial charge in [0.1, 0.15) is 5.75 Å². The second kappa shape index (κ2) is 7.34. The third kappa shape index (κ3) is 4.38. The van der Waals surface area contributed by atoms with Crippen molar-refractivity contribution >= 4 is 34.8 Å². The van der Waals surface area contributed by atoms with Gasteiger partial charge in [-0.15, -0.1) is 0 Å². The molecule has 0 saturated carbocycles. The second-order valence-corrected chi connectivity index (χ2v) is 5.28. The minimum absolute atomic E-state index is 0.102. The molecule has 3 nitrogen and oxygen atoms in total. The number of ether oxygens (including phenoxy) is 1. The number of hydrogen-bond donors (Lipinski definition) is 1. The number of methoxy groups -OCH3 is 1. The van der Waals surface area contributed by atoms with Crippen LogP contribution in [0.3, 0.4) is 0 Å². The van der Waals surface area contributed by atoms with Crippen molar-refractivity contribution in [1.82, 2.24) is 0 Å². The largest absolute Gasteiger partial charge is 0.497 e. The van der Waals surface area contributed by atoms with Crippen LogP contribution in [0.2, 0.25) is 10.0 Å². The van der Waals surface area contributed by atoms with Crippen LogP contribution in [0.4, 0.5) is 5.69 Å². The number of halogens is 2. The van der Waals surface area contributed by atoms with Gasteiger partial charge in [0.05, 0.1) is 22.8 Å². The zero-order valence-corrected chi connectivity index (χ0v) is 13.0. The molecule has 2 aromatic carbocycles. The first-order chi connectivity index (χ1) is 10.1. The number of aryl methyl sites for hydroxylation is 1. The first-order valence-corrected chi connectivity index (χ1v) is 7.22. The zero-order valence-electron chi connectivity index (χ0n) is 11.5. The van der Waals surface area contributed by atoms with E-state index < -0.39 is 0 Å². The molecule has 0 bridgehead atoms. The number of carbonyl (C=O) groups excluding carboxylic acids is 1. The molecule has 0 radical (unpaired) electrons. The van der Waals surface area contributed by atoms with Gasteiger partial charge in [-0.3, -0.25) is 4.79 Å². The molecular weight excluding hydrogens is 309 g/mol. The third-order valence-electron chi connectivity index (χ3n) is 3.03. The number of rotatable bonds is 5. The topological polar surface area (TPSA) is 38.3 Å². The Morgan fingerprint density at radius 2 is 1.86 bits per heavy atom. The number of nitrogens with one attached hydrogen (secondary N) is 1. The molecule has 2 rings (SSSR count). The lowest BCUT2D eigenvalue weighted by Gasteiger charge is -2.08. The molecule has 2 aromatic rings. The maximum Gasteiger partial charge on any atom is 0.224 e. The smallest absolute Gasteiger partial charge is 0.224 e. The van der Waals surface area contributed by atoms with Crippen LogP contribution in [0.5, 0.6) is 5.75 Å². The van der Waals surface area contributed by atoms with Gasteiger partial charge in [0.2, 0.25) is 5.91 Å². The van der Waals surface area contributed by atoms with Gasteiger partial charge in [-0.25, -0.2) is 0 Å². The van der Waals surface area contributed by atoms with Crippen LogP contribution in [0, 0.1) is 0 Å². The second-order valence-electron chi connectivity index (χ2n) is 4.50. The molecule has 0 saturated heterocycles. The number of hydrogen-bond acceptors (Lipinski definition) is 2. The standard InChI is InChI=1S/C16H15Cl2NO2/c1-21-12-8-5-11(6-9-12)7-10-15(20)19-14-4-2-3-13(17)16(14)18/h2-6,8-9H,7,10H2,1H3,(H,19,20). The number of carbonyl (C=O) groups is 1. The molecule has 0 aliphatic rings. The quantitative estimate of drug-likeness (QED) is 0.875. The summed E-state index contributed by atoms with van der Waals surface area (Å²) >= 11 is 11.9. The van der Waals surface area contributed by atoms with Crippen LogP contribution < -0.4 is 10.1 Å². The SMILES string of the molecule is COc1ccc(CCC(=O)Nc2cccc(Cl)c2Cl)cc1. The number of anilines is 1. The molecule has 0 atom stereocenters. The maximum atomic E-state index is 11.9. The Kier molecular flexibility index (Phi) is 5.48. The highest BCUT2D eigenvalue weighted by Gasteiger charge is 2.08. The molecule has 0 fully saturated rings. The van der Waals surface area contributed by atoms with Crippen LogP contribution in [-0.4, -0.2) is 13.0 Å². The first kappa shape index (κ1) is 15.7. The molecule has 0 aliphatic carbocycles. The van der Waals surface area contributed by atoms with Crippen molar-refractivity contribution in [1.29, 1.82) is 0 Å². The summed E-state index contributed by atoms with van der Waals surface area (Å²) in [6.07, 6.45) is 1.02. The molecule has 0 unspecified atom stereocenters. The van der Waals surface area contributed by atoms with E-state index in [4.69, 9.17) is 27.9 Å². The molecule has 5 heteroatoms. The summed E-state index contributed by atoms with van der Waals surface area (Å²) < 4.78 is 5.09. The highest BCUT2D eigenvalue weighted by molar-refractivity contribution is 6.43. The normalized spacial score (nSPS) is 10.2. The summed E-state index contributed by atoms with van der Waals surface area (Å²) in [5.41, 5.74) is 1.60. The van der Waals surface area contributed by atoms with Crippen LogP contribution in [-0.2, 0) is 11.2 Å². The minimum Gasteiger partial charge on any atom is -0.497 e. The van der Waals surface area contributed by atoms with E-state index in [1.54, 1.807) is 25.3 Å². The molecule has 1 amide bonds. The molecule has 1 N–H and O–H groups in total. The van der Waals surface area contributed by atoms with Crippen LogP contribution in [0.15, 0.2) is 42.5 Å². The summed E-state index contributed by atoms with van der Waals surface area (Å²) in [4.78, 5) is 11.9. The van der Waals surface area contributed by atoms with Gasteiger partial charge in [-0.1, -0.05) is 41.4 Å². The summed E-state index contributed by atoms with van der Waals surface area (Å²) in [5, 5.41) is 3.54. The fourth-order valence-corrected chi connectivity index (χ4v) is 2.21. The summed E-state index contributed by atoms with van der Waals surface area (Å²) in [6, 6.07) is 12.8. The van der Waals surface area contributed by atoms with Gasteiger partial charge in [0.25, 0.3) is 0 Å². The van der Waals surface area contributed by atoms with Crippen molar-refractivity contribution in [2.45, 2.75) is 12.8 Å². The zero-order chi connectivity index (χ0) is 15.2. The van der Waals surface area contributed by atoms with Crippen molar-refractivity contribution in [3.63, 3.8) is 0 Å². The Morgan fingerprint density at radius 3 is 2.52 bits per heavy atom. The van der Waals surface area contributed by atoms with Gasteiger partial charge in [0, 0.05) is 6.42 Å². The molecule has 0 heterocycles. The van der Waals surface area contributed by atoms with Crippen LogP contribution in [0.1, 0.15) is 12.0 Å². The molecule has 0 aromatic heterocycles. The van der Waals surface area contributed by atoms with Gasteiger partial charge in [-0.05, 0) is 36.2 Å². The molecule has 110 valence electrons. The summed E-state index contributed by atoms with van der Waals surface area (Å²) in [5.74, 6) is 0.698. The highest BCUT2D eigenvalue weighted by atomic mass is 35.5. The van der Waals surface area contributed by atoms with Crippen molar-refractivity contribution in [3.8, 4) is 5.75 Å². The maximum absolute atomic E-state index is 11.9. The predicted octanol–water partition coefficient (Wildman–Crippen LogP) is 4.57. The lowest BCUT2D eigenvalue weighted by molar-refractivity contribution is -0.116. The average Bonchev–Trinajstić information content (AvgIpc) is 2.50.